The zero-order chi connectivity index (χ0) is 17.1. The summed E-state index contributed by atoms with van der Waals surface area (Å²) in [4.78, 5) is 13.6. The van der Waals surface area contributed by atoms with Gasteiger partial charge >= 0.3 is 0 Å². The number of nitrogens with one attached hydrogen (secondary N) is 2. The van der Waals surface area contributed by atoms with Crippen molar-refractivity contribution in [3.05, 3.63) is 51.4 Å². The van der Waals surface area contributed by atoms with Gasteiger partial charge in [0.05, 0.1) is 5.56 Å². The average molecular weight is 339 g/mol. The highest BCUT2D eigenvalue weighted by molar-refractivity contribution is 7.16. The van der Waals surface area contributed by atoms with Crippen LogP contribution in [0.2, 0.25) is 0 Å². The van der Waals surface area contributed by atoms with Crippen LogP contribution in [0.3, 0.4) is 0 Å². The van der Waals surface area contributed by atoms with E-state index in [1.165, 1.54) is 27.3 Å². The SMILES string of the molecule is Cc1cccc(C(C)CC(=O)Nc2sc3c(c2C#N)CCNC3)c1. The Morgan fingerprint density at radius 1 is 1.50 bits per heavy atom. The largest absolute Gasteiger partial charge is 0.317 e. The summed E-state index contributed by atoms with van der Waals surface area (Å²) in [5.74, 6) is 0.110. The molecule has 1 aromatic heterocycles. The first-order chi connectivity index (χ1) is 11.6. The van der Waals surface area contributed by atoms with E-state index in [0.717, 1.165) is 25.1 Å². The lowest BCUT2D eigenvalue weighted by molar-refractivity contribution is -0.116. The molecule has 0 aliphatic carbocycles. The molecule has 5 heteroatoms. The van der Waals surface area contributed by atoms with Crippen LogP contribution in [-0.4, -0.2) is 12.5 Å². The van der Waals surface area contributed by atoms with E-state index in [1.807, 2.05) is 6.07 Å². The number of fused-ring (bicyclic) bond motifs is 1. The molecule has 0 saturated heterocycles. The molecule has 0 radical (unpaired) electrons. The summed E-state index contributed by atoms with van der Waals surface area (Å²) in [6.45, 7) is 5.78. The van der Waals surface area contributed by atoms with Crippen molar-refractivity contribution >= 4 is 22.2 Å². The minimum absolute atomic E-state index is 0.0351. The third-order valence-electron chi connectivity index (χ3n) is 4.40. The number of carbonyl (C=O) groups excluding carboxylic acids is 1. The molecule has 1 atom stereocenters. The van der Waals surface area contributed by atoms with Crippen LogP contribution in [0.5, 0.6) is 0 Å². The van der Waals surface area contributed by atoms with Gasteiger partial charge in [0.1, 0.15) is 11.1 Å². The fourth-order valence-electron chi connectivity index (χ4n) is 3.09. The number of hydrogen-bond acceptors (Lipinski definition) is 4. The molecule has 3 rings (SSSR count). The fourth-order valence-corrected chi connectivity index (χ4v) is 4.28. The summed E-state index contributed by atoms with van der Waals surface area (Å²) in [5, 5.41) is 16.4. The minimum atomic E-state index is -0.0351. The Labute approximate surface area is 146 Å². The Kier molecular flexibility index (Phi) is 4.98. The van der Waals surface area contributed by atoms with E-state index in [-0.39, 0.29) is 11.8 Å². The van der Waals surface area contributed by atoms with Crippen molar-refractivity contribution in [3.63, 3.8) is 0 Å². The predicted octanol–water partition coefficient (Wildman–Crippen LogP) is 3.71. The minimum Gasteiger partial charge on any atom is -0.317 e. The summed E-state index contributed by atoms with van der Waals surface area (Å²) in [7, 11) is 0. The van der Waals surface area contributed by atoms with Crippen LogP contribution in [0.15, 0.2) is 24.3 Å². The van der Waals surface area contributed by atoms with E-state index < -0.39 is 0 Å². The molecule has 1 aromatic carbocycles. The highest BCUT2D eigenvalue weighted by Crippen LogP contribution is 2.35. The Hall–Kier alpha value is -2.16. The van der Waals surface area contributed by atoms with Crippen molar-refractivity contribution in [3.8, 4) is 6.07 Å². The van der Waals surface area contributed by atoms with Gasteiger partial charge in [0.25, 0.3) is 0 Å². The maximum Gasteiger partial charge on any atom is 0.225 e. The van der Waals surface area contributed by atoms with Gasteiger partial charge in [-0.25, -0.2) is 0 Å². The number of nitriles is 1. The molecule has 1 unspecified atom stereocenters. The van der Waals surface area contributed by atoms with Gasteiger partial charge in [-0.05, 0) is 36.9 Å². The van der Waals surface area contributed by atoms with Gasteiger partial charge in [-0.1, -0.05) is 36.8 Å². The number of rotatable bonds is 4. The smallest absolute Gasteiger partial charge is 0.225 e. The van der Waals surface area contributed by atoms with Crippen molar-refractivity contribution < 1.29 is 4.79 Å². The molecule has 0 bridgehead atoms. The van der Waals surface area contributed by atoms with E-state index in [1.54, 1.807) is 0 Å². The normalized spacial score (nSPS) is 14.5. The van der Waals surface area contributed by atoms with Crippen molar-refractivity contribution in [2.24, 2.45) is 0 Å². The van der Waals surface area contributed by atoms with Gasteiger partial charge < -0.3 is 10.6 Å². The van der Waals surface area contributed by atoms with Crippen molar-refractivity contribution in [1.82, 2.24) is 5.32 Å². The van der Waals surface area contributed by atoms with E-state index in [2.05, 4.69) is 48.7 Å². The number of hydrogen-bond donors (Lipinski definition) is 2. The van der Waals surface area contributed by atoms with Crippen molar-refractivity contribution in [1.29, 1.82) is 5.26 Å². The predicted molar refractivity (Wildman–Crippen MR) is 97.3 cm³/mol. The van der Waals surface area contributed by atoms with Gasteiger partial charge in [-0.3, -0.25) is 4.79 Å². The molecule has 2 N–H and O–H groups in total. The van der Waals surface area contributed by atoms with Crippen LogP contribution in [0, 0.1) is 18.3 Å². The molecular formula is C19H21N3OS. The number of aryl methyl sites for hydroxylation is 1. The summed E-state index contributed by atoms with van der Waals surface area (Å²) in [5.41, 5.74) is 4.11. The molecule has 1 aliphatic rings. The second-order valence-electron chi connectivity index (χ2n) is 6.31. The summed E-state index contributed by atoms with van der Waals surface area (Å²) in [6, 6.07) is 10.5. The van der Waals surface area contributed by atoms with Crippen molar-refractivity contribution in [2.75, 3.05) is 11.9 Å². The van der Waals surface area contributed by atoms with Gasteiger partial charge in [-0.2, -0.15) is 5.26 Å². The fraction of sp³-hybridized carbons (Fsp3) is 0.368. The van der Waals surface area contributed by atoms with Gasteiger partial charge in [0.15, 0.2) is 0 Å². The summed E-state index contributed by atoms with van der Waals surface area (Å²) < 4.78 is 0. The van der Waals surface area contributed by atoms with E-state index in [0.29, 0.717) is 17.0 Å². The summed E-state index contributed by atoms with van der Waals surface area (Å²) in [6.07, 6.45) is 1.26. The molecule has 0 fully saturated rings. The lowest BCUT2D eigenvalue weighted by Gasteiger charge is -2.12. The molecule has 24 heavy (non-hydrogen) atoms. The molecule has 1 amide bonds. The van der Waals surface area contributed by atoms with Gasteiger partial charge in [0.2, 0.25) is 5.91 Å². The van der Waals surface area contributed by atoms with Crippen LogP contribution in [0.1, 0.15) is 46.4 Å². The summed E-state index contributed by atoms with van der Waals surface area (Å²) >= 11 is 1.52. The third-order valence-corrected chi connectivity index (χ3v) is 5.54. The topological polar surface area (TPSA) is 64.9 Å². The van der Waals surface area contributed by atoms with Crippen LogP contribution >= 0.6 is 11.3 Å². The second-order valence-corrected chi connectivity index (χ2v) is 7.42. The maximum atomic E-state index is 12.4. The molecule has 2 heterocycles. The third kappa shape index (κ3) is 3.50. The molecule has 124 valence electrons. The van der Waals surface area contributed by atoms with Crippen LogP contribution in [0.25, 0.3) is 0 Å². The monoisotopic (exact) mass is 339 g/mol. The van der Waals surface area contributed by atoms with Crippen molar-refractivity contribution in [2.45, 2.75) is 39.2 Å². The quantitative estimate of drug-likeness (QED) is 0.892. The Morgan fingerprint density at radius 2 is 2.33 bits per heavy atom. The van der Waals surface area contributed by atoms with Crippen LogP contribution in [0.4, 0.5) is 5.00 Å². The van der Waals surface area contributed by atoms with Crippen LogP contribution in [-0.2, 0) is 17.8 Å². The number of nitrogens with zero attached hydrogens (tertiary/aromatic N) is 1. The molecule has 0 saturated carbocycles. The average Bonchev–Trinajstić information content (AvgIpc) is 2.91. The lowest BCUT2D eigenvalue weighted by atomic mass is 9.96. The molecule has 4 nitrogen and oxygen atoms in total. The maximum absolute atomic E-state index is 12.4. The van der Waals surface area contributed by atoms with E-state index >= 15 is 0 Å². The first-order valence-electron chi connectivity index (χ1n) is 8.20. The first-order valence-corrected chi connectivity index (χ1v) is 9.02. The molecule has 2 aromatic rings. The Balaban J connectivity index is 1.71. The van der Waals surface area contributed by atoms with Gasteiger partial charge in [0, 0.05) is 17.8 Å². The number of anilines is 1. The lowest BCUT2D eigenvalue weighted by Crippen LogP contribution is -2.22. The molecule has 1 aliphatic heterocycles. The van der Waals surface area contributed by atoms with Crippen LogP contribution < -0.4 is 10.6 Å². The van der Waals surface area contributed by atoms with Gasteiger partial charge in [-0.15, -0.1) is 11.3 Å². The number of thiophene rings is 1. The first kappa shape index (κ1) is 16.7. The second kappa shape index (κ2) is 7.16. The Bertz CT molecular complexity index is 803. The van der Waals surface area contributed by atoms with E-state index in [4.69, 9.17) is 0 Å². The Morgan fingerprint density at radius 3 is 3.08 bits per heavy atom. The molecule has 0 spiro atoms. The standard InChI is InChI=1S/C19H21N3OS/c1-12-4-3-5-14(8-12)13(2)9-18(23)22-19-16(10-20)15-6-7-21-11-17(15)24-19/h3-5,8,13,21H,6-7,9,11H2,1-2H3,(H,22,23). The number of amides is 1. The number of benzene rings is 1. The highest BCUT2D eigenvalue weighted by atomic mass is 32.1. The number of carbonyl (C=O) groups is 1. The highest BCUT2D eigenvalue weighted by Gasteiger charge is 2.22. The molecular weight excluding hydrogens is 318 g/mol. The zero-order valence-corrected chi connectivity index (χ0v) is 14.8. The van der Waals surface area contributed by atoms with E-state index in [9.17, 15) is 10.1 Å². The zero-order valence-electron chi connectivity index (χ0n) is 14.0.